The number of aromatic nitrogens is 2. The highest BCUT2D eigenvalue weighted by Crippen LogP contribution is 2.43. The highest BCUT2D eigenvalue weighted by molar-refractivity contribution is 7.92. The summed E-state index contributed by atoms with van der Waals surface area (Å²) in [6.07, 6.45) is 1.64. The lowest BCUT2D eigenvalue weighted by atomic mass is 10.0. The predicted molar refractivity (Wildman–Crippen MR) is 120 cm³/mol. The third-order valence-corrected chi connectivity index (χ3v) is 5.75. The van der Waals surface area contributed by atoms with Gasteiger partial charge in [-0.2, -0.15) is 0 Å². The van der Waals surface area contributed by atoms with Gasteiger partial charge in [-0.15, -0.1) is 3.89 Å². The third kappa shape index (κ3) is 4.26. The lowest BCUT2D eigenvalue weighted by Crippen LogP contribution is -2.49. The topological polar surface area (TPSA) is 80.6 Å². The molecule has 3 aromatic rings. The maximum absolute atomic E-state index is 13.7. The largest absolute Gasteiger partial charge is 0.496 e. The van der Waals surface area contributed by atoms with E-state index in [-0.39, 0.29) is 18.4 Å². The van der Waals surface area contributed by atoms with E-state index < -0.39 is 0 Å². The molecule has 164 valence electrons. The van der Waals surface area contributed by atoms with Crippen molar-refractivity contribution >= 4 is 35.2 Å². The van der Waals surface area contributed by atoms with Gasteiger partial charge >= 0.3 is 6.03 Å². The number of hydrogen-bond donors (Lipinski definition) is 2. The number of fused-ring (bicyclic) bond motifs is 1. The normalized spacial score (nSPS) is 14.3. The van der Waals surface area contributed by atoms with E-state index in [4.69, 9.17) is 9.47 Å². The van der Waals surface area contributed by atoms with Crippen LogP contribution in [0.3, 0.4) is 0 Å². The van der Waals surface area contributed by atoms with Crippen molar-refractivity contribution in [2.45, 2.75) is 0 Å². The van der Waals surface area contributed by atoms with E-state index in [0.29, 0.717) is 51.9 Å². The molecular weight excluding hydrogens is 421 g/mol. The van der Waals surface area contributed by atoms with Gasteiger partial charge in [0, 0.05) is 42.7 Å². The van der Waals surface area contributed by atoms with Crippen molar-refractivity contribution in [2.75, 3.05) is 46.2 Å². The number of methoxy groups -OCH3 is 2. The molecule has 1 saturated heterocycles. The minimum Gasteiger partial charge on any atom is -0.496 e. The fourth-order valence-corrected chi connectivity index (χ4v) is 4.22. The van der Waals surface area contributed by atoms with Crippen molar-refractivity contribution in [2.24, 2.45) is 5.92 Å². The standard InChI is InChI=1S/C21H24FN5O3S/c1-26-10-13(11-26)9-23-21(28)25-18-8-7-14-15(12-27(31-22)20(14)24-18)19-16(29-2)5-4-6-17(19)30-3/h4-8,12-13H,9-11H2,1-3H3,(H2,23,24,25,28). The molecule has 31 heavy (non-hydrogen) atoms. The van der Waals surface area contributed by atoms with E-state index in [1.54, 1.807) is 32.5 Å². The Hall–Kier alpha value is -2.98. The number of likely N-dealkylation sites (tertiary alicyclic amines) is 1. The van der Waals surface area contributed by atoms with E-state index in [2.05, 4.69) is 20.5 Å². The Morgan fingerprint density at radius 1 is 1.23 bits per heavy atom. The SMILES string of the molecule is COc1cccc(OC)c1-c1cn(SF)c2nc(NC(=O)NCC3CN(C)C3)ccc12. The van der Waals surface area contributed by atoms with Crippen LogP contribution in [0.5, 0.6) is 11.5 Å². The Kier molecular flexibility index (Phi) is 6.19. The van der Waals surface area contributed by atoms with Gasteiger partial charge in [0.1, 0.15) is 17.3 Å². The second-order valence-electron chi connectivity index (χ2n) is 7.47. The van der Waals surface area contributed by atoms with Crippen LogP contribution in [-0.4, -0.2) is 60.8 Å². The average Bonchev–Trinajstić information content (AvgIpc) is 3.12. The molecule has 3 heterocycles. The Bertz CT molecular complexity index is 1080. The lowest BCUT2D eigenvalue weighted by molar-refractivity contribution is 0.134. The van der Waals surface area contributed by atoms with Gasteiger partial charge in [-0.1, -0.05) is 6.07 Å². The molecule has 10 heteroatoms. The minimum atomic E-state index is -0.334. The van der Waals surface area contributed by atoms with Gasteiger partial charge in [0.05, 0.1) is 19.8 Å². The summed E-state index contributed by atoms with van der Waals surface area (Å²) in [6, 6.07) is 8.61. The van der Waals surface area contributed by atoms with Gasteiger partial charge in [0.2, 0.25) is 0 Å². The number of carbonyl (C=O) groups excluding carboxylic acids is 1. The Labute approximate surface area is 184 Å². The zero-order chi connectivity index (χ0) is 22.0. The van der Waals surface area contributed by atoms with Crippen molar-refractivity contribution in [3.05, 3.63) is 36.5 Å². The van der Waals surface area contributed by atoms with Crippen molar-refractivity contribution in [3.8, 4) is 22.6 Å². The number of hydrogen-bond acceptors (Lipinski definition) is 6. The number of rotatable bonds is 7. The van der Waals surface area contributed by atoms with E-state index in [1.807, 2.05) is 25.2 Å². The summed E-state index contributed by atoms with van der Waals surface area (Å²) in [7, 11) is 5.19. The van der Waals surface area contributed by atoms with Gasteiger partial charge in [-0.25, -0.2) is 13.8 Å². The molecule has 2 aromatic heterocycles. The second kappa shape index (κ2) is 9.03. The van der Waals surface area contributed by atoms with Gasteiger partial charge in [-0.3, -0.25) is 5.32 Å². The average molecular weight is 446 g/mol. The zero-order valence-electron chi connectivity index (χ0n) is 17.5. The van der Waals surface area contributed by atoms with Crippen LogP contribution in [0.4, 0.5) is 14.5 Å². The number of anilines is 1. The molecule has 2 N–H and O–H groups in total. The zero-order valence-corrected chi connectivity index (χ0v) is 18.3. The highest BCUT2D eigenvalue weighted by atomic mass is 32.2. The quantitative estimate of drug-likeness (QED) is 0.576. The summed E-state index contributed by atoms with van der Waals surface area (Å²) in [6.45, 7) is 2.55. The maximum Gasteiger partial charge on any atom is 0.320 e. The molecule has 0 saturated carbocycles. The number of benzene rings is 1. The molecule has 4 rings (SSSR count). The molecule has 2 amide bonds. The fourth-order valence-electron chi connectivity index (χ4n) is 3.87. The molecule has 0 spiro atoms. The number of nitrogens with one attached hydrogen (secondary N) is 2. The molecule has 0 aliphatic carbocycles. The van der Waals surface area contributed by atoms with Crippen LogP contribution in [0.15, 0.2) is 36.5 Å². The van der Waals surface area contributed by atoms with Crippen molar-refractivity contribution in [3.63, 3.8) is 0 Å². The molecular formula is C21H24FN5O3S. The van der Waals surface area contributed by atoms with Crippen molar-refractivity contribution < 1.29 is 18.2 Å². The molecule has 0 unspecified atom stereocenters. The Morgan fingerprint density at radius 3 is 2.55 bits per heavy atom. The second-order valence-corrected chi connectivity index (χ2v) is 8.00. The first-order valence-corrected chi connectivity index (χ1v) is 10.5. The number of pyridine rings is 1. The Balaban J connectivity index is 1.62. The smallest absolute Gasteiger partial charge is 0.320 e. The minimum absolute atomic E-state index is 0.0328. The van der Waals surface area contributed by atoms with E-state index in [9.17, 15) is 8.68 Å². The maximum atomic E-state index is 13.7. The number of nitrogens with zero attached hydrogens (tertiary/aromatic N) is 3. The summed E-state index contributed by atoms with van der Waals surface area (Å²) in [5.74, 6) is 2.00. The summed E-state index contributed by atoms with van der Waals surface area (Å²) < 4.78 is 26.0. The van der Waals surface area contributed by atoms with Crippen LogP contribution < -0.4 is 20.1 Å². The molecule has 0 atom stereocenters. The van der Waals surface area contributed by atoms with Crippen LogP contribution >= 0.6 is 12.3 Å². The van der Waals surface area contributed by atoms with Crippen LogP contribution in [0.1, 0.15) is 0 Å². The summed E-state index contributed by atoms with van der Waals surface area (Å²) in [5.41, 5.74) is 1.80. The van der Waals surface area contributed by atoms with Crippen molar-refractivity contribution in [1.29, 1.82) is 0 Å². The number of urea groups is 1. The molecule has 8 nitrogen and oxygen atoms in total. The van der Waals surface area contributed by atoms with Crippen LogP contribution in [0, 0.1) is 5.92 Å². The number of amides is 2. The third-order valence-electron chi connectivity index (χ3n) is 5.32. The first kappa shape index (κ1) is 21.3. The number of ether oxygens (including phenoxy) is 2. The molecule has 1 fully saturated rings. The van der Waals surface area contributed by atoms with Gasteiger partial charge in [-0.05, 0) is 31.3 Å². The Morgan fingerprint density at radius 2 is 1.94 bits per heavy atom. The molecule has 1 aromatic carbocycles. The first-order chi connectivity index (χ1) is 15.0. The summed E-state index contributed by atoms with van der Waals surface area (Å²) in [5, 5.41) is 6.29. The van der Waals surface area contributed by atoms with E-state index in [1.165, 1.54) is 3.97 Å². The van der Waals surface area contributed by atoms with E-state index >= 15 is 0 Å². The molecule has 1 aliphatic rings. The monoisotopic (exact) mass is 445 g/mol. The van der Waals surface area contributed by atoms with Gasteiger partial charge in [0.15, 0.2) is 18.0 Å². The molecule has 0 radical (unpaired) electrons. The predicted octanol–water partition coefficient (Wildman–Crippen LogP) is 3.78. The lowest BCUT2D eigenvalue weighted by Gasteiger charge is -2.36. The summed E-state index contributed by atoms with van der Waals surface area (Å²) in [4.78, 5) is 18.9. The molecule has 0 bridgehead atoms. The van der Waals surface area contributed by atoms with Gasteiger partial charge < -0.3 is 19.7 Å². The van der Waals surface area contributed by atoms with Crippen molar-refractivity contribution in [1.82, 2.24) is 19.2 Å². The highest BCUT2D eigenvalue weighted by Gasteiger charge is 2.23. The summed E-state index contributed by atoms with van der Waals surface area (Å²) >= 11 is 0.0328. The first-order valence-electron chi connectivity index (χ1n) is 9.80. The number of halogens is 1. The van der Waals surface area contributed by atoms with Gasteiger partial charge in [0.25, 0.3) is 0 Å². The van der Waals surface area contributed by atoms with E-state index in [0.717, 1.165) is 13.1 Å². The van der Waals surface area contributed by atoms with Crippen LogP contribution in [0.2, 0.25) is 0 Å². The number of carbonyl (C=O) groups is 1. The van der Waals surface area contributed by atoms with Crippen LogP contribution in [0.25, 0.3) is 22.2 Å². The fraction of sp³-hybridized carbons (Fsp3) is 0.333. The van der Waals surface area contributed by atoms with Crippen LogP contribution in [-0.2, 0) is 0 Å². The molecule has 1 aliphatic heterocycles.